The van der Waals surface area contributed by atoms with Crippen molar-refractivity contribution >= 4 is 39.3 Å². The van der Waals surface area contributed by atoms with Crippen LogP contribution in [-0.4, -0.2) is 90.0 Å². The lowest BCUT2D eigenvalue weighted by molar-refractivity contribution is 0.0795. The van der Waals surface area contributed by atoms with Crippen LogP contribution in [0.25, 0.3) is 5.65 Å². The number of hydrogen-bond donors (Lipinski definition) is 1. The van der Waals surface area contributed by atoms with E-state index in [-0.39, 0.29) is 18.2 Å². The molecule has 2 fully saturated rings. The highest BCUT2D eigenvalue weighted by molar-refractivity contribution is 7.88. The van der Waals surface area contributed by atoms with Crippen LogP contribution in [0.4, 0.5) is 10.7 Å². The number of carbonyl (C=O) groups is 1. The largest absolute Gasteiger partial charge is 0.485 e. The van der Waals surface area contributed by atoms with Gasteiger partial charge in [0.25, 0.3) is 0 Å². The highest BCUT2D eigenvalue weighted by Crippen LogP contribution is 2.32. The van der Waals surface area contributed by atoms with Crippen LogP contribution in [0.5, 0.6) is 5.75 Å². The third kappa shape index (κ3) is 5.02. The summed E-state index contributed by atoms with van der Waals surface area (Å²) in [5.41, 5.74) is 0.504. The molecule has 32 heavy (non-hydrogen) atoms. The van der Waals surface area contributed by atoms with E-state index in [0.717, 1.165) is 0 Å². The van der Waals surface area contributed by atoms with Crippen LogP contribution < -0.4 is 10.1 Å². The fraction of sp³-hybridized carbons (Fsp3) is 0.632. The second-order valence-corrected chi connectivity index (χ2v) is 10.4. The molecule has 176 valence electrons. The summed E-state index contributed by atoms with van der Waals surface area (Å²) in [7, 11) is -1.79. The van der Waals surface area contributed by atoms with Gasteiger partial charge < -0.3 is 19.7 Å². The van der Waals surface area contributed by atoms with Crippen LogP contribution in [0.2, 0.25) is 5.02 Å². The summed E-state index contributed by atoms with van der Waals surface area (Å²) in [6.07, 6.45) is 5.17. The molecule has 13 heteroatoms. The molecule has 0 saturated carbocycles. The summed E-state index contributed by atoms with van der Waals surface area (Å²) < 4.78 is 37.4. The molecule has 11 nitrogen and oxygen atoms in total. The molecular formula is C19H27ClN6O5S. The Labute approximate surface area is 191 Å². The van der Waals surface area contributed by atoms with Gasteiger partial charge in [-0.2, -0.15) is 4.98 Å². The van der Waals surface area contributed by atoms with Gasteiger partial charge in [0.1, 0.15) is 6.10 Å². The number of fused-ring (bicyclic) bond motifs is 1. The topological polar surface area (TPSA) is 118 Å². The number of amides is 1. The number of anilines is 1. The summed E-state index contributed by atoms with van der Waals surface area (Å²) in [4.78, 5) is 17.9. The summed E-state index contributed by atoms with van der Waals surface area (Å²) >= 11 is 6.41. The Kier molecular flexibility index (Phi) is 6.63. The van der Waals surface area contributed by atoms with Gasteiger partial charge in [0, 0.05) is 51.3 Å². The average molecular weight is 487 g/mol. The summed E-state index contributed by atoms with van der Waals surface area (Å²) in [5, 5.41) is 8.20. The number of carbonyl (C=O) groups excluding carboxylic acids is 1. The summed E-state index contributed by atoms with van der Waals surface area (Å²) in [6.45, 7) is 2.02. The number of rotatable bonds is 5. The van der Waals surface area contributed by atoms with Gasteiger partial charge in [-0.15, -0.1) is 5.10 Å². The molecule has 2 aromatic rings. The molecule has 0 aliphatic carbocycles. The minimum absolute atomic E-state index is 0.0768. The zero-order valence-corrected chi connectivity index (χ0v) is 19.6. The molecule has 2 aromatic heterocycles. The van der Waals surface area contributed by atoms with E-state index in [1.54, 1.807) is 21.7 Å². The van der Waals surface area contributed by atoms with Crippen molar-refractivity contribution in [3.63, 3.8) is 0 Å². The van der Waals surface area contributed by atoms with Gasteiger partial charge in [-0.25, -0.2) is 22.0 Å². The zero-order chi connectivity index (χ0) is 22.9. The second kappa shape index (κ2) is 9.28. The van der Waals surface area contributed by atoms with E-state index in [2.05, 4.69) is 15.4 Å². The van der Waals surface area contributed by atoms with Gasteiger partial charge >= 0.3 is 6.09 Å². The minimum Gasteiger partial charge on any atom is -0.485 e. The molecule has 4 rings (SSSR count). The maximum absolute atomic E-state index is 11.7. The molecule has 0 atom stereocenters. The van der Waals surface area contributed by atoms with Gasteiger partial charge in [0.2, 0.25) is 21.6 Å². The number of nitrogens with zero attached hydrogens (tertiary/aromatic N) is 5. The van der Waals surface area contributed by atoms with Crippen LogP contribution in [-0.2, 0) is 14.8 Å². The quantitative estimate of drug-likeness (QED) is 0.680. The van der Waals surface area contributed by atoms with E-state index in [4.69, 9.17) is 21.1 Å². The highest BCUT2D eigenvalue weighted by atomic mass is 35.5. The van der Waals surface area contributed by atoms with Crippen molar-refractivity contribution in [1.29, 1.82) is 0 Å². The molecular weight excluding hydrogens is 460 g/mol. The minimum atomic E-state index is -3.17. The number of methoxy groups -OCH3 is 1. The molecule has 2 aliphatic rings. The van der Waals surface area contributed by atoms with Gasteiger partial charge in [-0.1, -0.05) is 11.6 Å². The van der Waals surface area contributed by atoms with E-state index in [1.807, 2.05) is 0 Å². The van der Waals surface area contributed by atoms with E-state index < -0.39 is 10.0 Å². The van der Waals surface area contributed by atoms with E-state index in [1.165, 1.54) is 17.7 Å². The van der Waals surface area contributed by atoms with Crippen LogP contribution in [0, 0.1) is 0 Å². The van der Waals surface area contributed by atoms with Crippen LogP contribution in [0.3, 0.4) is 0 Å². The molecule has 1 N–H and O–H groups in total. The van der Waals surface area contributed by atoms with Crippen molar-refractivity contribution in [2.45, 2.75) is 37.8 Å². The van der Waals surface area contributed by atoms with Gasteiger partial charge in [-0.3, -0.25) is 0 Å². The van der Waals surface area contributed by atoms with Crippen LogP contribution in [0.15, 0.2) is 12.3 Å². The molecule has 0 radical (unpaired) electrons. The zero-order valence-electron chi connectivity index (χ0n) is 18.0. The maximum atomic E-state index is 11.7. The maximum Gasteiger partial charge on any atom is 0.409 e. The van der Waals surface area contributed by atoms with Crippen molar-refractivity contribution in [3.8, 4) is 5.75 Å². The number of hydrogen-bond acceptors (Lipinski definition) is 8. The number of aromatic nitrogens is 3. The summed E-state index contributed by atoms with van der Waals surface area (Å²) in [6, 6.07) is 1.78. The highest BCUT2D eigenvalue weighted by Gasteiger charge is 2.28. The van der Waals surface area contributed by atoms with E-state index in [9.17, 15) is 13.2 Å². The number of sulfonamides is 1. The fourth-order valence-electron chi connectivity index (χ4n) is 4.04. The van der Waals surface area contributed by atoms with Crippen molar-refractivity contribution in [2.75, 3.05) is 44.9 Å². The first kappa shape index (κ1) is 22.9. The van der Waals surface area contributed by atoms with Gasteiger partial charge in [0.05, 0.1) is 18.4 Å². The fourth-order valence-corrected chi connectivity index (χ4v) is 5.10. The third-order valence-corrected chi connectivity index (χ3v) is 7.43. The first-order valence-electron chi connectivity index (χ1n) is 10.5. The van der Waals surface area contributed by atoms with E-state index in [0.29, 0.717) is 74.2 Å². The number of ether oxygens (including phenoxy) is 2. The Bertz CT molecular complexity index is 1080. The molecule has 0 aromatic carbocycles. The standard InChI is InChI=1S/C19H27ClN6O5S/c1-30-19(27)24-8-5-14(6-9-24)31-16-15(20)7-12-26-17(16)22-18(23-26)21-13-3-10-25(11-4-13)32(2,28)29/h7,12-14H,3-6,8-11H2,1-2H3,(H,21,23). The number of likely N-dealkylation sites (tertiary alicyclic amines) is 1. The molecule has 4 heterocycles. The van der Waals surface area contributed by atoms with Crippen molar-refractivity contribution in [2.24, 2.45) is 0 Å². The van der Waals surface area contributed by atoms with Crippen LogP contribution >= 0.6 is 11.6 Å². The Morgan fingerprint density at radius 1 is 1.19 bits per heavy atom. The lowest BCUT2D eigenvalue weighted by Gasteiger charge is -2.31. The Morgan fingerprint density at radius 3 is 2.50 bits per heavy atom. The Morgan fingerprint density at radius 2 is 1.88 bits per heavy atom. The lowest BCUT2D eigenvalue weighted by Crippen LogP contribution is -2.42. The van der Waals surface area contributed by atoms with E-state index >= 15 is 0 Å². The number of nitrogens with one attached hydrogen (secondary N) is 1. The predicted molar refractivity (Wildman–Crippen MR) is 119 cm³/mol. The lowest BCUT2D eigenvalue weighted by atomic mass is 10.1. The number of piperidine rings is 2. The monoisotopic (exact) mass is 486 g/mol. The molecule has 0 spiro atoms. The normalized spacial score (nSPS) is 19.3. The third-order valence-electron chi connectivity index (χ3n) is 5.83. The Balaban J connectivity index is 1.43. The second-order valence-electron chi connectivity index (χ2n) is 8.05. The van der Waals surface area contributed by atoms with Gasteiger partial charge in [0.15, 0.2) is 5.75 Å². The number of pyridine rings is 1. The summed E-state index contributed by atoms with van der Waals surface area (Å²) in [5.74, 6) is 0.897. The molecule has 2 saturated heterocycles. The first-order chi connectivity index (χ1) is 15.2. The van der Waals surface area contributed by atoms with Crippen molar-refractivity contribution < 1.29 is 22.7 Å². The molecule has 2 aliphatic heterocycles. The average Bonchev–Trinajstić information content (AvgIpc) is 3.18. The number of halogens is 1. The van der Waals surface area contributed by atoms with Crippen molar-refractivity contribution in [1.82, 2.24) is 23.8 Å². The molecule has 1 amide bonds. The molecule has 0 unspecified atom stereocenters. The van der Waals surface area contributed by atoms with Gasteiger partial charge in [-0.05, 0) is 18.9 Å². The van der Waals surface area contributed by atoms with Crippen LogP contribution in [0.1, 0.15) is 25.7 Å². The smallest absolute Gasteiger partial charge is 0.409 e. The first-order valence-corrected chi connectivity index (χ1v) is 12.7. The Hall–Kier alpha value is -2.31. The van der Waals surface area contributed by atoms with Crippen molar-refractivity contribution in [3.05, 3.63) is 17.3 Å². The molecule has 0 bridgehead atoms. The predicted octanol–water partition coefficient (Wildman–Crippen LogP) is 1.83. The SMILES string of the molecule is COC(=O)N1CCC(Oc2c(Cl)ccn3nc(NC4CCN(S(C)(=O)=O)CC4)nc23)CC1.